The number of benzene rings is 2. The lowest BCUT2D eigenvalue weighted by molar-refractivity contribution is 0.0388. The molecule has 0 aliphatic heterocycles. The van der Waals surface area contributed by atoms with Crippen molar-refractivity contribution in [2.24, 2.45) is 5.11 Å². The molecule has 0 radical (unpaired) electrons. The van der Waals surface area contributed by atoms with Crippen molar-refractivity contribution in [1.29, 1.82) is 0 Å². The number of phenols is 3. The van der Waals surface area contributed by atoms with Crippen LogP contribution in [-0.2, 0) is 9.47 Å². The first-order valence-corrected chi connectivity index (χ1v) is 9.76. The molecule has 0 aliphatic carbocycles. The maximum absolute atomic E-state index is 12.6. The van der Waals surface area contributed by atoms with E-state index in [4.69, 9.17) is 24.2 Å². The molecule has 174 valence electrons. The van der Waals surface area contributed by atoms with Crippen molar-refractivity contribution < 1.29 is 39.1 Å². The normalized spacial score (nSPS) is 10.8. The van der Waals surface area contributed by atoms with Crippen LogP contribution in [0.4, 0.5) is 0 Å². The van der Waals surface area contributed by atoms with Crippen LogP contribution in [-0.4, -0.2) is 60.0 Å². The average molecular weight is 459 g/mol. The van der Waals surface area contributed by atoms with E-state index in [-0.39, 0.29) is 53.6 Å². The molecular weight excluding hydrogens is 438 g/mol. The first-order chi connectivity index (χ1) is 15.9. The van der Waals surface area contributed by atoms with Crippen molar-refractivity contribution in [3.8, 4) is 40.1 Å². The zero-order valence-electron chi connectivity index (χ0n) is 17.3. The molecule has 0 saturated heterocycles. The second-order valence-corrected chi connectivity index (χ2v) is 6.66. The Morgan fingerprint density at radius 2 is 1.64 bits per heavy atom. The maximum Gasteiger partial charge on any atom is 0.238 e. The molecule has 0 atom stereocenters. The fraction of sp³-hybridized carbons (Fsp3) is 0.286. The average Bonchev–Trinajstić information content (AvgIpc) is 2.79. The molecule has 4 N–H and O–H groups in total. The summed E-state index contributed by atoms with van der Waals surface area (Å²) in [7, 11) is 0. The van der Waals surface area contributed by atoms with Gasteiger partial charge in [-0.25, -0.2) is 0 Å². The molecule has 3 aromatic rings. The largest absolute Gasteiger partial charge is 0.507 e. The van der Waals surface area contributed by atoms with E-state index in [1.165, 1.54) is 24.3 Å². The summed E-state index contributed by atoms with van der Waals surface area (Å²) >= 11 is 0. The minimum Gasteiger partial charge on any atom is -0.507 e. The molecule has 12 heteroatoms. The fourth-order valence-electron chi connectivity index (χ4n) is 2.90. The number of rotatable bonds is 11. The zero-order chi connectivity index (χ0) is 23.8. The van der Waals surface area contributed by atoms with Crippen LogP contribution in [0.25, 0.3) is 32.7 Å². The summed E-state index contributed by atoms with van der Waals surface area (Å²) in [5, 5.41) is 42.8. The van der Waals surface area contributed by atoms with Crippen LogP contribution in [0, 0.1) is 0 Å². The quantitative estimate of drug-likeness (QED) is 0.110. The van der Waals surface area contributed by atoms with Crippen molar-refractivity contribution in [3.05, 3.63) is 51.0 Å². The van der Waals surface area contributed by atoms with Crippen LogP contribution in [0.3, 0.4) is 0 Å². The van der Waals surface area contributed by atoms with Gasteiger partial charge in [0, 0.05) is 29.2 Å². The third-order valence-electron chi connectivity index (χ3n) is 4.43. The van der Waals surface area contributed by atoms with Gasteiger partial charge in [-0.1, -0.05) is 5.11 Å². The molecule has 0 spiro atoms. The summed E-state index contributed by atoms with van der Waals surface area (Å²) in [6, 6.07) is 6.23. The van der Waals surface area contributed by atoms with E-state index in [2.05, 4.69) is 10.0 Å². The van der Waals surface area contributed by atoms with E-state index in [0.29, 0.717) is 19.8 Å². The highest BCUT2D eigenvalue weighted by Gasteiger charge is 2.19. The van der Waals surface area contributed by atoms with Gasteiger partial charge in [-0.15, -0.1) is 0 Å². The summed E-state index contributed by atoms with van der Waals surface area (Å²) in [5.74, 6) is -2.09. The van der Waals surface area contributed by atoms with Gasteiger partial charge in [-0.05, 0) is 23.7 Å². The Hall–Kier alpha value is -4.12. The number of hydrogen-bond donors (Lipinski definition) is 4. The highest BCUT2D eigenvalue weighted by atomic mass is 16.5. The van der Waals surface area contributed by atoms with Crippen molar-refractivity contribution in [2.45, 2.75) is 0 Å². The Morgan fingerprint density at radius 3 is 2.36 bits per heavy atom. The molecule has 0 aliphatic rings. The topological polar surface area (TPSA) is 188 Å². The van der Waals surface area contributed by atoms with E-state index in [1.54, 1.807) is 0 Å². The number of azide groups is 1. The molecule has 1 aromatic heterocycles. The Kier molecular flexibility index (Phi) is 7.82. The Bertz CT molecular complexity index is 1240. The van der Waals surface area contributed by atoms with Gasteiger partial charge in [0.15, 0.2) is 17.3 Å². The zero-order valence-corrected chi connectivity index (χ0v) is 17.3. The van der Waals surface area contributed by atoms with Gasteiger partial charge in [-0.3, -0.25) is 4.79 Å². The standard InChI is InChI=1S/C21H21N3O9/c22-24-23-3-4-30-5-6-31-7-8-32-13-10-16(27)18-17(11-13)33-21(20(29)19(18)28)12-1-2-14(25)15(26)9-12/h1-2,9-11,25-27,29H,3-8H2. The minimum atomic E-state index is -0.869. The fourth-order valence-corrected chi connectivity index (χ4v) is 2.90. The van der Waals surface area contributed by atoms with Crippen molar-refractivity contribution in [2.75, 3.05) is 39.6 Å². The van der Waals surface area contributed by atoms with Crippen LogP contribution in [0.2, 0.25) is 0 Å². The molecule has 12 nitrogen and oxygen atoms in total. The first kappa shape index (κ1) is 23.5. The number of phenolic OH excluding ortho intramolecular Hbond substituents is 3. The molecule has 3 rings (SSSR count). The van der Waals surface area contributed by atoms with Crippen LogP contribution < -0.4 is 10.2 Å². The lowest BCUT2D eigenvalue weighted by atomic mass is 10.1. The van der Waals surface area contributed by atoms with E-state index in [9.17, 15) is 25.2 Å². The second kappa shape index (κ2) is 11.0. The Morgan fingerprint density at radius 1 is 0.909 bits per heavy atom. The lowest BCUT2D eigenvalue weighted by Gasteiger charge is -2.11. The molecule has 2 aromatic carbocycles. The first-order valence-electron chi connectivity index (χ1n) is 9.76. The van der Waals surface area contributed by atoms with Crippen molar-refractivity contribution in [3.63, 3.8) is 0 Å². The Labute approximate surface area is 186 Å². The van der Waals surface area contributed by atoms with Crippen LogP contribution in [0.5, 0.6) is 28.7 Å². The van der Waals surface area contributed by atoms with Gasteiger partial charge in [-0.2, -0.15) is 0 Å². The number of hydrogen-bond acceptors (Lipinski definition) is 10. The van der Waals surface area contributed by atoms with Crippen LogP contribution in [0.1, 0.15) is 0 Å². The molecule has 0 amide bonds. The van der Waals surface area contributed by atoms with Crippen LogP contribution >= 0.6 is 0 Å². The number of nitrogens with zero attached hydrogens (tertiary/aromatic N) is 3. The molecule has 1 heterocycles. The van der Waals surface area contributed by atoms with E-state index in [1.807, 2.05) is 0 Å². The van der Waals surface area contributed by atoms with Crippen molar-refractivity contribution >= 4 is 11.0 Å². The van der Waals surface area contributed by atoms with Crippen LogP contribution in [0.15, 0.2) is 44.7 Å². The van der Waals surface area contributed by atoms with Crippen molar-refractivity contribution in [1.82, 2.24) is 0 Å². The maximum atomic E-state index is 12.6. The highest BCUT2D eigenvalue weighted by Crippen LogP contribution is 2.37. The number of ether oxygens (including phenoxy) is 3. The monoisotopic (exact) mass is 459 g/mol. The molecule has 0 bridgehead atoms. The van der Waals surface area contributed by atoms with Gasteiger partial charge in [0.05, 0.1) is 26.4 Å². The van der Waals surface area contributed by atoms with Gasteiger partial charge in [0.2, 0.25) is 11.2 Å². The molecule has 33 heavy (non-hydrogen) atoms. The van der Waals surface area contributed by atoms with E-state index < -0.39 is 22.7 Å². The molecule has 0 unspecified atom stereocenters. The predicted octanol–water partition coefficient (Wildman–Crippen LogP) is 3.00. The number of aromatic hydroxyl groups is 4. The number of fused-ring (bicyclic) bond motifs is 1. The summed E-state index contributed by atoms with van der Waals surface area (Å²) in [6.45, 7) is 1.52. The molecule has 0 fully saturated rings. The van der Waals surface area contributed by atoms with E-state index >= 15 is 0 Å². The highest BCUT2D eigenvalue weighted by molar-refractivity contribution is 5.88. The lowest BCUT2D eigenvalue weighted by Crippen LogP contribution is -2.11. The predicted molar refractivity (Wildman–Crippen MR) is 116 cm³/mol. The summed E-state index contributed by atoms with van der Waals surface area (Å²) in [4.78, 5) is 15.2. The van der Waals surface area contributed by atoms with Gasteiger partial charge < -0.3 is 39.1 Å². The smallest absolute Gasteiger partial charge is 0.238 e. The van der Waals surface area contributed by atoms with Gasteiger partial charge in [0.1, 0.15) is 29.1 Å². The third kappa shape index (κ3) is 5.77. The van der Waals surface area contributed by atoms with Gasteiger partial charge >= 0.3 is 0 Å². The third-order valence-corrected chi connectivity index (χ3v) is 4.43. The Balaban J connectivity index is 1.68. The molecule has 0 saturated carbocycles. The SMILES string of the molecule is [N-]=[N+]=NCCOCCOCCOc1cc(O)c2c(=O)c(O)c(-c3ccc(O)c(O)c3)oc2c1. The van der Waals surface area contributed by atoms with Gasteiger partial charge in [0.25, 0.3) is 0 Å². The summed E-state index contributed by atoms with van der Waals surface area (Å²) < 4.78 is 21.7. The summed E-state index contributed by atoms with van der Waals surface area (Å²) in [5.41, 5.74) is 7.37. The summed E-state index contributed by atoms with van der Waals surface area (Å²) in [6.07, 6.45) is 0. The van der Waals surface area contributed by atoms with E-state index in [0.717, 1.165) is 6.07 Å². The second-order valence-electron chi connectivity index (χ2n) is 6.66. The molecular formula is C21H21N3O9. The minimum absolute atomic E-state index is 0.0512.